The van der Waals surface area contributed by atoms with Gasteiger partial charge in [0, 0.05) is 17.3 Å². The Bertz CT molecular complexity index is 1140. The number of thiazole rings is 1. The molecule has 0 spiro atoms. The highest BCUT2D eigenvalue weighted by Gasteiger charge is 2.16. The molecule has 0 unspecified atom stereocenters. The lowest BCUT2D eigenvalue weighted by Gasteiger charge is -2.09. The highest BCUT2D eigenvalue weighted by Crippen LogP contribution is 2.29. The van der Waals surface area contributed by atoms with Crippen molar-refractivity contribution in [2.24, 2.45) is 0 Å². The Kier molecular flexibility index (Phi) is 5.80. The SMILES string of the molecule is Cc1nc(-c2ccc(F)cc2)sc1C(=O)Nc1cccc(OCCn2cncn2)c1. The van der Waals surface area contributed by atoms with Crippen molar-refractivity contribution in [1.82, 2.24) is 19.7 Å². The number of rotatable bonds is 7. The number of benzene rings is 2. The molecule has 0 aliphatic carbocycles. The van der Waals surface area contributed by atoms with Crippen LogP contribution in [0.3, 0.4) is 0 Å². The normalized spacial score (nSPS) is 10.7. The van der Waals surface area contributed by atoms with E-state index in [0.717, 1.165) is 5.56 Å². The lowest BCUT2D eigenvalue weighted by Crippen LogP contribution is -2.12. The highest BCUT2D eigenvalue weighted by molar-refractivity contribution is 7.17. The molecule has 2 aromatic carbocycles. The zero-order valence-corrected chi connectivity index (χ0v) is 16.9. The van der Waals surface area contributed by atoms with Crippen molar-refractivity contribution in [3.8, 4) is 16.3 Å². The van der Waals surface area contributed by atoms with Crippen molar-refractivity contribution in [3.05, 3.63) is 77.6 Å². The number of nitrogens with one attached hydrogen (secondary N) is 1. The van der Waals surface area contributed by atoms with E-state index in [1.165, 1.54) is 29.8 Å². The van der Waals surface area contributed by atoms with Crippen molar-refractivity contribution in [2.45, 2.75) is 13.5 Å². The fourth-order valence-corrected chi connectivity index (χ4v) is 3.75. The van der Waals surface area contributed by atoms with Crippen LogP contribution in [0.25, 0.3) is 10.6 Å². The van der Waals surface area contributed by atoms with Gasteiger partial charge in [0.25, 0.3) is 5.91 Å². The number of carbonyl (C=O) groups excluding carboxylic acids is 1. The zero-order valence-electron chi connectivity index (χ0n) is 16.1. The summed E-state index contributed by atoms with van der Waals surface area (Å²) in [6.07, 6.45) is 3.09. The van der Waals surface area contributed by atoms with E-state index in [1.54, 1.807) is 42.2 Å². The van der Waals surface area contributed by atoms with Crippen LogP contribution in [0.1, 0.15) is 15.4 Å². The summed E-state index contributed by atoms with van der Waals surface area (Å²) in [6.45, 7) is 2.78. The van der Waals surface area contributed by atoms with Crippen LogP contribution in [-0.2, 0) is 6.54 Å². The number of hydrogen-bond acceptors (Lipinski definition) is 6. The van der Waals surface area contributed by atoms with Gasteiger partial charge in [0.05, 0.1) is 12.2 Å². The van der Waals surface area contributed by atoms with Crippen LogP contribution in [0.5, 0.6) is 5.75 Å². The Morgan fingerprint density at radius 1 is 1.23 bits per heavy atom. The molecule has 0 saturated carbocycles. The smallest absolute Gasteiger partial charge is 0.267 e. The molecular formula is C21H18FN5O2S. The van der Waals surface area contributed by atoms with Crippen LogP contribution < -0.4 is 10.1 Å². The third kappa shape index (κ3) is 4.69. The average Bonchev–Trinajstić information content (AvgIpc) is 3.39. The number of aryl methyl sites for hydroxylation is 1. The summed E-state index contributed by atoms with van der Waals surface area (Å²) in [4.78, 5) is 21.6. The van der Waals surface area contributed by atoms with E-state index >= 15 is 0 Å². The molecule has 0 atom stereocenters. The molecular weight excluding hydrogens is 405 g/mol. The molecule has 1 N–H and O–H groups in total. The largest absolute Gasteiger partial charge is 0.492 e. The maximum Gasteiger partial charge on any atom is 0.267 e. The number of carbonyl (C=O) groups is 1. The summed E-state index contributed by atoms with van der Waals surface area (Å²) < 4.78 is 20.5. The van der Waals surface area contributed by atoms with Crippen LogP contribution >= 0.6 is 11.3 Å². The molecule has 1 amide bonds. The first-order chi connectivity index (χ1) is 14.6. The second-order valence-electron chi connectivity index (χ2n) is 6.43. The van der Waals surface area contributed by atoms with E-state index in [0.29, 0.717) is 40.2 Å². The number of amides is 1. The molecule has 4 aromatic rings. The van der Waals surface area contributed by atoms with E-state index in [9.17, 15) is 9.18 Å². The van der Waals surface area contributed by atoms with Gasteiger partial charge in [0.2, 0.25) is 0 Å². The Hall–Kier alpha value is -3.59. The van der Waals surface area contributed by atoms with Crippen LogP contribution in [0, 0.1) is 12.7 Å². The van der Waals surface area contributed by atoms with Crippen molar-refractivity contribution < 1.29 is 13.9 Å². The van der Waals surface area contributed by atoms with Crippen molar-refractivity contribution in [1.29, 1.82) is 0 Å². The number of aromatic nitrogens is 4. The number of nitrogens with zero attached hydrogens (tertiary/aromatic N) is 4. The fraction of sp³-hybridized carbons (Fsp3) is 0.143. The first-order valence-electron chi connectivity index (χ1n) is 9.18. The van der Waals surface area contributed by atoms with E-state index in [2.05, 4.69) is 20.4 Å². The minimum atomic E-state index is -0.312. The van der Waals surface area contributed by atoms with E-state index in [-0.39, 0.29) is 11.7 Å². The Labute approximate surface area is 176 Å². The van der Waals surface area contributed by atoms with Gasteiger partial charge in [-0.15, -0.1) is 11.3 Å². The molecule has 0 aliphatic heterocycles. The van der Waals surface area contributed by atoms with E-state index in [1.807, 2.05) is 12.1 Å². The third-order valence-electron chi connectivity index (χ3n) is 4.24. The summed E-state index contributed by atoms with van der Waals surface area (Å²) in [5.41, 5.74) is 2.01. The van der Waals surface area contributed by atoms with Crippen LogP contribution in [0.2, 0.25) is 0 Å². The van der Waals surface area contributed by atoms with Crippen molar-refractivity contribution in [3.63, 3.8) is 0 Å². The van der Waals surface area contributed by atoms with Gasteiger partial charge in [-0.25, -0.2) is 19.0 Å². The Morgan fingerprint density at radius 2 is 2.07 bits per heavy atom. The molecule has 0 fully saturated rings. The van der Waals surface area contributed by atoms with Gasteiger partial charge in [0.15, 0.2) is 0 Å². The predicted octanol–water partition coefficient (Wildman–Crippen LogP) is 4.18. The third-order valence-corrected chi connectivity index (χ3v) is 5.45. The number of hydrogen-bond donors (Lipinski definition) is 1. The van der Waals surface area contributed by atoms with Gasteiger partial charge in [-0.1, -0.05) is 6.07 Å². The summed E-state index contributed by atoms with van der Waals surface area (Å²) in [7, 11) is 0. The van der Waals surface area contributed by atoms with Crippen LogP contribution in [0.4, 0.5) is 10.1 Å². The number of anilines is 1. The highest BCUT2D eigenvalue weighted by atomic mass is 32.1. The molecule has 0 bridgehead atoms. The second kappa shape index (κ2) is 8.83. The fourth-order valence-electron chi connectivity index (χ4n) is 2.78. The zero-order chi connectivity index (χ0) is 20.9. The summed E-state index contributed by atoms with van der Waals surface area (Å²) in [5, 5.41) is 7.57. The maximum absolute atomic E-state index is 13.1. The van der Waals surface area contributed by atoms with Gasteiger partial charge in [-0.2, -0.15) is 5.10 Å². The molecule has 4 rings (SSSR count). The van der Waals surface area contributed by atoms with Gasteiger partial charge in [0.1, 0.15) is 40.7 Å². The quantitative estimate of drug-likeness (QED) is 0.482. The minimum absolute atomic E-state index is 0.252. The first kappa shape index (κ1) is 19.7. The molecule has 30 heavy (non-hydrogen) atoms. The molecule has 152 valence electrons. The molecule has 2 aromatic heterocycles. The van der Waals surface area contributed by atoms with Crippen LogP contribution in [0.15, 0.2) is 61.2 Å². The lowest BCUT2D eigenvalue weighted by atomic mass is 10.2. The lowest BCUT2D eigenvalue weighted by molar-refractivity contribution is 0.103. The van der Waals surface area contributed by atoms with Crippen molar-refractivity contribution >= 4 is 22.9 Å². The maximum atomic E-state index is 13.1. The van der Waals surface area contributed by atoms with Gasteiger partial charge < -0.3 is 10.1 Å². The van der Waals surface area contributed by atoms with Gasteiger partial charge in [-0.3, -0.25) is 4.79 Å². The molecule has 2 heterocycles. The van der Waals surface area contributed by atoms with Gasteiger partial charge in [-0.05, 0) is 43.3 Å². The van der Waals surface area contributed by atoms with Crippen LogP contribution in [-0.4, -0.2) is 32.3 Å². The molecule has 0 aliphatic rings. The molecule has 0 radical (unpaired) electrons. The topological polar surface area (TPSA) is 81.9 Å². The van der Waals surface area contributed by atoms with Gasteiger partial charge >= 0.3 is 0 Å². The molecule has 0 saturated heterocycles. The standard InChI is InChI=1S/C21H18FN5O2S/c1-14-19(30-21(25-14)15-5-7-16(22)8-6-15)20(28)26-17-3-2-4-18(11-17)29-10-9-27-13-23-12-24-27/h2-8,11-13H,9-10H2,1H3,(H,26,28). The number of ether oxygens (including phenoxy) is 1. The average molecular weight is 423 g/mol. The monoisotopic (exact) mass is 423 g/mol. The summed E-state index contributed by atoms with van der Waals surface area (Å²) >= 11 is 1.27. The Balaban J connectivity index is 1.42. The summed E-state index contributed by atoms with van der Waals surface area (Å²) in [5.74, 6) is 0.0763. The predicted molar refractivity (Wildman–Crippen MR) is 112 cm³/mol. The first-order valence-corrected chi connectivity index (χ1v) is 10.00. The minimum Gasteiger partial charge on any atom is -0.492 e. The van der Waals surface area contributed by atoms with E-state index < -0.39 is 0 Å². The van der Waals surface area contributed by atoms with E-state index in [4.69, 9.17) is 4.74 Å². The number of halogens is 1. The Morgan fingerprint density at radius 3 is 2.83 bits per heavy atom. The second-order valence-corrected chi connectivity index (χ2v) is 7.43. The molecule has 7 nitrogen and oxygen atoms in total. The summed E-state index contributed by atoms with van der Waals surface area (Å²) in [6, 6.07) is 13.2. The van der Waals surface area contributed by atoms with Crippen molar-refractivity contribution in [2.75, 3.05) is 11.9 Å². The molecule has 9 heteroatoms.